The van der Waals surface area contributed by atoms with Crippen molar-refractivity contribution in [3.8, 4) is 0 Å². The lowest BCUT2D eigenvalue weighted by Gasteiger charge is -2.23. The van der Waals surface area contributed by atoms with Gasteiger partial charge in [0.15, 0.2) is 0 Å². The van der Waals surface area contributed by atoms with Crippen molar-refractivity contribution in [1.29, 1.82) is 0 Å². The van der Waals surface area contributed by atoms with E-state index in [1.54, 1.807) is 12.1 Å². The molecule has 2 aromatic rings. The molecule has 1 N–H and O–H groups in total. The average Bonchev–Trinajstić information content (AvgIpc) is 2.62. The Morgan fingerprint density at radius 1 is 1.12 bits per heavy atom. The van der Waals surface area contributed by atoms with Crippen molar-refractivity contribution >= 4 is 17.3 Å². The zero-order chi connectivity index (χ0) is 17.4. The number of nitrogens with zero attached hydrogens (tertiary/aromatic N) is 2. The Balaban J connectivity index is 1.86. The quantitative estimate of drug-likeness (QED) is 0.459. The van der Waals surface area contributed by atoms with Gasteiger partial charge in [-0.3, -0.25) is 14.9 Å². The highest BCUT2D eigenvalue weighted by Crippen LogP contribution is 2.17. The lowest BCUT2D eigenvalue weighted by Crippen LogP contribution is -2.30. The summed E-state index contributed by atoms with van der Waals surface area (Å²) in [6, 6.07) is 16.0. The molecule has 0 radical (unpaired) electrons. The Hall–Kier alpha value is -2.89. The zero-order valence-corrected chi connectivity index (χ0v) is 13.6. The maximum absolute atomic E-state index is 12.1. The number of nitro groups is 1. The summed E-state index contributed by atoms with van der Waals surface area (Å²) in [5, 5.41) is 13.7. The van der Waals surface area contributed by atoms with E-state index < -0.39 is 10.8 Å². The maximum Gasteiger partial charge on any atom is 0.282 e. The third-order valence-corrected chi connectivity index (χ3v) is 3.74. The van der Waals surface area contributed by atoms with Crippen LogP contribution >= 0.6 is 0 Å². The second kappa shape index (κ2) is 8.67. The molecule has 1 amide bonds. The third-order valence-electron chi connectivity index (χ3n) is 3.74. The van der Waals surface area contributed by atoms with Crippen LogP contribution in [0.4, 0.5) is 11.4 Å². The highest BCUT2D eigenvalue weighted by atomic mass is 16.6. The summed E-state index contributed by atoms with van der Waals surface area (Å²) in [4.78, 5) is 24.8. The van der Waals surface area contributed by atoms with Gasteiger partial charge in [-0.25, -0.2) is 0 Å². The van der Waals surface area contributed by atoms with E-state index in [2.05, 4.69) is 29.3 Å². The van der Waals surface area contributed by atoms with Crippen molar-refractivity contribution in [3.63, 3.8) is 0 Å². The lowest BCUT2D eigenvalue weighted by atomic mass is 10.1. The Labute approximate surface area is 141 Å². The molecule has 0 heterocycles. The highest BCUT2D eigenvalue weighted by Gasteiger charge is 2.18. The van der Waals surface area contributed by atoms with Gasteiger partial charge >= 0.3 is 0 Å². The summed E-state index contributed by atoms with van der Waals surface area (Å²) in [6.45, 7) is 4.23. The number of para-hydroxylation sites is 2. The van der Waals surface area contributed by atoms with Gasteiger partial charge in [0.05, 0.1) is 4.92 Å². The smallest absolute Gasteiger partial charge is 0.282 e. The Morgan fingerprint density at radius 3 is 2.46 bits per heavy atom. The molecule has 0 fully saturated rings. The second-order valence-electron chi connectivity index (χ2n) is 5.30. The van der Waals surface area contributed by atoms with Crippen LogP contribution in [-0.2, 0) is 0 Å². The van der Waals surface area contributed by atoms with Crippen molar-refractivity contribution < 1.29 is 9.72 Å². The number of rotatable bonds is 8. The number of hydrogen-bond donors (Lipinski definition) is 1. The summed E-state index contributed by atoms with van der Waals surface area (Å²) in [5.74, 6) is -0.412. The molecule has 2 aromatic carbocycles. The number of nitro benzene ring substituents is 1. The molecule has 6 nitrogen and oxygen atoms in total. The van der Waals surface area contributed by atoms with Crippen LogP contribution in [-0.4, -0.2) is 30.5 Å². The number of carbonyl (C=O) groups excluding carboxylic acids is 1. The van der Waals surface area contributed by atoms with Crippen LogP contribution in [0, 0.1) is 10.1 Å². The number of carbonyl (C=O) groups is 1. The van der Waals surface area contributed by atoms with Crippen molar-refractivity contribution in [2.75, 3.05) is 24.5 Å². The molecule has 0 aliphatic carbocycles. The fraction of sp³-hybridized carbons (Fsp3) is 0.278. The van der Waals surface area contributed by atoms with E-state index in [-0.39, 0.29) is 11.3 Å². The topological polar surface area (TPSA) is 75.5 Å². The van der Waals surface area contributed by atoms with Crippen LogP contribution in [0.3, 0.4) is 0 Å². The molecule has 0 unspecified atom stereocenters. The van der Waals surface area contributed by atoms with Gasteiger partial charge in [-0.1, -0.05) is 30.3 Å². The Bertz CT molecular complexity index is 689. The van der Waals surface area contributed by atoms with Gasteiger partial charge in [0.25, 0.3) is 11.6 Å². The highest BCUT2D eigenvalue weighted by molar-refractivity contribution is 5.98. The van der Waals surface area contributed by atoms with E-state index in [1.165, 1.54) is 12.1 Å². The Kier molecular flexibility index (Phi) is 6.31. The summed E-state index contributed by atoms with van der Waals surface area (Å²) in [6.07, 6.45) is 0.759. The van der Waals surface area contributed by atoms with Crippen LogP contribution in [0.5, 0.6) is 0 Å². The first-order valence-corrected chi connectivity index (χ1v) is 7.95. The van der Waals surface area contributed by atoms with Crippen molar-refractivity contribution in [2.24, 2.45) is 0 Å². The molecule has 126 valence electrons. The second-order valence-corrected chi connectivity index (χ2v) is 5.30. The first-order valence-electron chi connectivity index (χ1n) is 7.95. The van der Waals surface area contributed by atoms with Gasteiger partial charge in [-0.2, -0.15) is 0 Å². The standard InChI is InChI=1S/C18H21N3O3/c1-2-20(15-9-4-3-5-10-15)14-8-13-19-18(22)16-11-6-7-12-17(16)21(23)24/h3-7,9-12H,2,8,13-14H2,1H3,(H,19,22). The molecule has 0 spiro atoms. The minimum atomic E-state index is -0.539. The number of benzene rings is 2. The van der Waals surface area contributed by atoms with E-state index in [4.69, 9.17) is 0 Å². The van der Waals surface area contributed by atoms with Crippen molar-refractivity contribution in [3.05, 3.63) is 70.3 Å². The van der Waals surface area contributed by atoms with Gasteiger partial charge in [-0.15, -0.1) is 0 Å². The van der Waals surface area contributed by atoms with Gasteiger partial charge in [0, 0.05) is 31.4 Å². The SMILES string of the molecule is CCN(CCCNC(=O)c1ccccc1[N+](=O)[O-])c1ccccc1. The molecule has 2 rings (SSSR count). The fourth-order valence-corrected chi connectivity index (χ4v) is 2.50. The van der Waals surface area contributed by atoms with Gasteiger partial charge in [0.2, 0.25) is 0 Å². The molecule has 0 bridgehead atoms. The predicted octanol–water partition coefficient (Wildman–Crippen LogP) is 3.24. The van der Waals surface area contributed by atoms with Gasteiger partial charge in [-0.05, 0) is 31.5 Å². The summed E-state index contributed by atoms with van der Waals surface area (Å²) >= 11 is 0. The van der Waals surface area contributed by atoms with Gasteiger partial charge in [0.1, 0.15) is 5.56 Å². The molecular formula is C18H21N3O3. The summed E-state index contributed by atoms with van der Waals surface area (Å²) in [7, 11) is 0. The first kappa shape index (κ1) is 17.5. The monoisotopic (exact) mass is 327 g/mol. The van der Waals surface area contributed by atoms with Crippen molar-refractivity contribution in [1.82, 2.24) is 5.32 Å². The van der Waals surface area contributed by atoms with E-state index in [0.29, 0.717) is 6.54 Å². The molecule has 0 saturated carbocycles. The first-order chi connectivity index (χ1) is 11.6. The minimum Gasteiger partial charge on any atom is -0.372 e. The molecule has 0 aliphatic heterocycles. The molecule has 6 heteroatoms. The maximum atomic E-state index is 12.1. The molecule has 0 atom stereocenters. The third kappa shape index (κ3) is 4.55. The number of amides is 1. The average molecular weight is 327 g/mol. The van der Waals surface area contributed by atoms with Crippen LogP contribution < -0.4 is 10.2 Å². The number of nitrogens with one attached hydrogen (secondary N) is 1. The fourth-order valence-electron chi connectivity index (χ4n) is 2.50. The van der Waals surface area contributed by atoms with Gasteiger partial charge < -0.3 is 10.2 Å². The van der Waals surface area contributed by atoms with Crippen LogP contribution in [0.25, 0.3) is 0 Å². The lowest BCUT2D eigenvalue weighted by molar-refractivity contribution is -0.385. The summed E-state index contributed by atoms with van der Waals surface area (Å²) < 4.78 is 0. The summed E-state index contributed by atoms with van der Waals surface area (Å²) in [5.41, 5.74) is 1.07. The largest absolute Gasteiger partial charge is 0.372 e. The predicted molar refractivity (Wildman–Crippen MR) is 94.4 cm³/mol. The van der Waals surface area contributed by atoms with Crippen LogP contribution in [0.1, 0.15) is 23.7 Å². The van der Waals surface area contributed by atoms with E-state index in [9.17, 15) is 14.9 Å². The molecule has 0 saturated heterocycles. The van der Waals surface area contributed by atoms with E-state index in [1.807, 2.05) is 18.2 Å². The minimum absolute atomic E-state index is 0.0953. The molecule has 0 aliphatic rings. The molecule has 24 heavy (non-hydrogen) atoms. The zero-order valence-electron chi connectivity index (χ0n) is 13.6. The normalized spacial score (nSPS) is 10.2. The number of anilines is 1. The van der Waals surface area contributed by atoms with Crippen molar-refractivity contribution in [2.45, 2.75) is 13.3 Å². The Morgan fingerprint density at radius 2 is 1.79 bits per heavy atom. The number of hydrogen-bond acceptors (Lipinski definition) is 4. The molecule has 0 aromatic heterocycles. The van der Waals surface area contributed by atoms with E-state index >= 15 is 0 Å². The molecular weight excluding hydrogens is 306 g/mol. The van der Waals surface area contributed by atoms with E-state index in [0.717, 1.165) is 25.2 Å². The van der Waals surface area contributed by atoms with Crippen LogP contribution in [0.15, 0.2) is 54.6 Å². The van der Waals surface area contributed by atoms with Crippen LogP contribution in [0.2, 0.25) is 0 Å².